The summed E-state index contributed by atoms with van der Waals surface area (Å²) in [6.07, 6.45) is 4.40. The maximum atomic E-state index is 13.3. The number of para-hydroxylation sites is 1. The number of benzene rings is 2. The molecule has 0 radical (unpaired) electrons. The Balaban J connectivity index is 1.35. The molecule has 146 valence electrons. The summed E-state index contributed by atoms with van der Waals surface area (Å²) in [6, 6.07) is 15.9. The molecule has 7 heteroatoms. The summed E-state index contributed by atoms with van der Waals surface area (Å²) in [7, 11) is 0. The van der Waals surface area contributed by atoms with Gasteiger partial charge in [-0.15, -0.1) is 0 Å². The Morgan fingerprint density at radius 1 is 1.00 bits per heavy atom. The van der Waals surface area contributed by atoms with E-state index in [-0.39, 0.29) is 5.91 Å². The monoisotopic (exact) mass is 403 g/mol. The van der Waals surface area contributed by atoms with Crippen LogP contribution in [-0.2, 0) is 0 Å². The van der Waals surface area contributed by atoms with Gasteiger partial charge in [0.25, 0.3) is 5.91 Å². The molecule has 1 amide bonds. The first-order valence-electron chi connectivity index (χ1n) is 9.78. The zero-order valence-electron chi connectivity index (χ0n) is 15.9. The number of nitrogens with one attached hydrogen (secondary N) is 1. The normalized spacial score (nSPS) is 14.9. The van der Waals surface area contributed by atoms with Crippen LogP contribution in [0.2, 0.25) is 0 Å². The van der Waals surface area contributed by atoms with Gasteiger partial charge in [-0.3, -0.25) is 4.79 Å². The van der Waals surface area contributed by atoms with Crippen molar-refractivity contribution in [2.45, 2.75) is 6.42 Å². The third kappa shape index (κ3) is 3.49. The molecule has 1 N–H and O–H groups in total. The second-order valence-electron chi connectivity index (χ2n) is 7.08. The van der Waals surface area contributed by atoms with Gasteiger partial charge in [0.05, 0.1) is 15.8 Å². The Morgan fingerprint density at radius 2 is 1.86 bits per heavy atom. The summed E-state index contributed by atoms with van der Waals surface area (Å²) >= 11 is 1.72. The summed E-state index contributed by atoms with van der Waals surface area (Å²) in [6.45, 7) is 3.12. The van der Waals surface area contributed by atoms with E-state index < -0.39 is 0 Å². The van der Waals surface area contributed by atoms with E-state index in [9.17, 15) is 4.79 Å². The molecular weight excluding hydrogens is 382 g/mol. The maximum absolute atomic E-state index is 13.3. The lowest BCUT2D eigenvalue weighted by Crippen LogP contribution is -2.35. The summed E-state index contributed by atoms with van der Waals surface area (Å²) in [5.41, 5.74) is 2.57. The number of rotatable bonds is 3. The first kappa shape index (κ1) is 17.9. The number of hydrogen-bond acceptors (Lipinski definition) is 5. The van der Waals surface area contributed by atoms with Crippen molar-refractivity contribution in [1.29, 1.82) is 0 Å². The van der Waals surface area contributed by atoms with Crippen LogP contribution in [0.15, 0.2) is 60.9 Å². The topological polar surface area (TPSA) is 65.1 Å². The number of H-pyrrole nitrogens is 1. The number of aromatic nitrogens is 3. The SMILES string of the molecule is O=C(c1ccccc1-c1ncc[nH]1)N1CCCN(c2nc3ccccc3s2)CC1. The van der Waals surface area contributed by atoms with Crippen LogP contribution in [0, 0.1) is 0 Å². The standard InChI is InChI=1S/C22H21N5OS/c28-21(17-7-2-1-6-16(17)20-23-10-11-24-20)26-12-5-13-27(15-14-26)22-25-18-8-3-4-9-19(18)29-22/h1-4,6-11H,5,12-15H2,(H,23,24). The fourth-order valence-corrected chi connectivity index (χ4v) is 4.78. The van der Waals surface area contributed by atoms with Crippen LogP contribution in [0.4, 0.5) is 5.13 Å². The molecular formula is C22H21N5OS. The minimum absolute atomic E-state index is 0.0585. The third-order valence-electron chi connectivity index (χ3n) is 5.25. The van der Waals surface area contributed by atoms with Gasteiger partial charge in [0.1, 0.15) is 5.82 Å². The van der Waals surface area contributed by atoms with Crippen molar-refractivity contribution in [2.75, 3.05) is 31.1 Å². The Labute approximate surface area is 172 Å². The van der Waals surface area contributed by atoms with Crippen molar-refractivity contribution in [3.63, 3.8) is 0 Å². The molecule has 0 bridgehead atoms. The van der Waals surface area contributed by atoms with E-state index in [0.29, 0.717) is 12.1 Å². The number of fused-ring (bicyclic) bond motifs is 1. The number of anilines is 1. The molecule has 1 saturated heterocycles. The van der Waals surface area contributed by atoms with E-state index in [0.717, 1.165) is 48.1 Å². The van der Waals surface area contributed by atoms with Crippen molar-refractivity contribution in [3.05, 3.63) is 66.5 Å². The molecule has 5 rings (SSSR count). The first-order chi connectivity index (χ1) is 14.3. The molecule has 29 heavy (non-hydrogen) atoms. The van der Waals surface area contributed by atoms with Gasteiger partial charge in [-0.2, -0.15) is 0 Å². The molecule has 4 aromatic rings. The van der Waals surface area contributed by atoms with Gasteiger partial charge in [-0.25, -0.2) is 9.97 Å². The van der Waals surface area contributed by atoms with Crippen molar-refractivity contribution in [1.82, 2.24) is 19.9 Å². The number of amides is 1. The minimum Gasteiger partial charge on any atom is -0.346 e. The van der Waals surface area contributed by atoms with Crippen molar-refractivity contribution in [3.8, 4) is 11.4 Å². The van der Waals surface area contributed by atoms with Gasteiger partial charge in [0, 0.05) is 44.1 Å². The van der Waals surface area contributed by atoms with Crippen LogP contribution in [0.5, 0.6) is 0 Å². The van der Waals surface area contributed by atoms with E-state index in [1.165, 1.54) is 4.70 Å². The van der Waals surface area contributed by atoms with Gasteiger partial charge < -0.3 is 14.8 Å². The number of aromatic amines is 1. The van der Waals surface area contributed by atoms with Crippen LogP contribution in [0.3, 0.4) is 0 Å². The molecule has 1 fully saturated rings. The molecule has 0 spiro atoms. The van der Waals surface area contributed by atoms with Crippen LogP contribution in [-0.4, -0.2) is 51.9 Å². The molecule has 0 unspecified atom stereocenters. The Kier molecular flexibility index (Phi) is 4.73. The van der Waals surface area contributed by atoms with Crippen LogP contribution in [0.1, 0.15) is 16.8 Å². The molecule has 0 aliphatic carbocycles. The number of carbonyl (C=O) groups excluding carboxylic acids is 1. The number of carbonyl (C=O) groups is 1. The number of thiazole rings is 1. The highest BCUT2D eigenvalue weighted by Crippen LogP contribution is 2.29. The highest BCUT2D eigenvalue weighted by molar-refractivity contribution is 7.22. The summed E-state index contributed by atoms with van der Waals surface area (Å²) < 4.78 is 1.20. The molecule has 1 aliphatic rings. The van der Waals surface area contributed by atoms with Crippen LogP contribution in [0.25, 0.3) is 21.6 Å². The zero-order valence-corrected chi connectivity index (χ0v) is 16.7. The quantitative estimate of drug-likeness (QED) is 0.561. The lowest BCUT2D eigenvalue weighted by Gasteiger charge is -2.22. The highest BCUT2D eigenvalue weighted by Gasteiger charge is 2.24. The maximum Gasteiger partial charge on any atom is 0.254 e. The number of imidazole rings is 1. The van der Waals surface area contributed by atoms with E-state index >= 15 is 0 Å². The summed E-state index contributed by atoms with van der Waals surface area (Å²) in [5.74, 6) is 0.781. The largest absolute Gasteiger partial charge is 0.346 e. The molecule has 2 aromatic carbocycles. The average molecular weight is 404 g/mol. The van der Waals surface area contributed by atoms with E-state index in [1.54, 1.807) is 23.7 Å². The minimum atomic E-state index is 0.0585. The van der Waals surface area contributed by atoms with E-state index in [4.69, 9.17) is 4.98 Å². The molecule has 1 aliphatic heterocycles. The van der Waals surface area contributed by atoms with E-state index in [2.05, 4.69) is 27.0 Å². The number of nitrogens with zero attached hydrogens (tertiary/aromatic N) is 4. The lowest BCUT2D eigenvalue weighted by atomic mass is 10.1. The highest BCUT2D eigenvalue weighted by atomic mass is 32.1. The summed E-state index contributed by atoms with van der Waals surface area (Å²) in [5, 5.41) is 1.04. The lowest BCUT2D eigenvalue weighted by molar-refractivity contribution is 0.0767. The Morgan fingerprint density at radius 3 is 2.72 bits per heavy atom. The second-order valence-corrected chi connectivity index (χ2v) is 8.09. The Hall–Kier alpha value is -3.19. The van der Waals surface area contributed by atoms with Gasteiger partial charge in [0.15, 0.2) is 5.13 Å². The zero-order chi connectivity index (χ0) is 19.6. The summed E-state index contributed by atoms with van der Waals surface area (Å²) in [4.78, 5) is 29.8. The number of hydrogen-bond donors (Lipinski definition) is 1. The second kappa shape index (κ2) is 7.67. The molecule has 6 nitrogen and oxygen atoms in total. The predicted molar refractivity (Wildman–Crippen MR) is 116 cm³/mol. The Bertz CT molecular complexity index is 1100. The smallest absolute Gasteiger partial charge is 0.254 e. The fraction of sp³-hybridized carbons (Fsp3) is 0.227. The molecule has 0 saturated carbocycles. The van der Waals surface area contributed by atoms with Crippen molar-refractivity contribution < 1.29 is 4.79 Å². The predicted octanol–water partition coefficient (Wildman–Crippen LogP) is 4.04. The molecule has 2 aromatic heterocycles. The van der Waals surface area contributed by atoms with Gasteiger partial charge in [-0.05, 0) is 24.6 Å². The van der Waals surface area contributed by atoms with Gasteiger partial charge in [0.2, 0.25) is 0 Å². The van der Waals surface area contributed by atoms with Crippen LogP contribution >= 0.6 is 11.3 Å². The van der Waals surface area contributed by atoms with Crippen molar-refractivity contribution in [2.24, 2.45) is 0 Å². The first-order valence-corrected chi connectivity index (χ1v) is 10.6. The third-order valence-corrected chi connectivity index (χ3v) is 6.34. The van der Waals surface area contributed by atoms with Crippen molar-refractivity contribution >= 4 is 32.6 Å². The fourth-order valence-electron chi connectivity index (χ4n) is 3.77. The van der Waals surface area contributed by atoms with E-state index in [1.807, 2.05) is 41.3 Å². The van der Waals surface area contributed by atoms with Gasteiger partial charge >= 0.3 is 0 Å². The average Bonchev–Trinajstić information content (AvgIpc) is 3.38. The molecule has 3 heterocycles. The van der Waals surface area contributed by atoms with Gasteiger partial charge in [-0.1, -0.05) is 41.7 Å². The van der Waals surface area contributed by atoms with Crippen LogP contribution < -0.4 is 4.90 Å². The molecule has 0 atom stereocenters.